The van der Waals surface area contributed by atoms with E-state index in [4.69, 9.17) is 4.74 Å². The van der Waals surface area contributed by atoms with Crippen LogP contribution in [-0.4, -0.2) is 45.9 Å². The van der Waals surface area contributed by atoms with E-state index in [-0.39, 0.29) is 6.10 Å². The molecule has 2 aromatic rings. The van der Waals surface area contributed by atoms with Crippen molar-refractivity contribution in [3.8, 4) is 0 Å². The molecule has 1 aromatic heterocycles. The van der Waals surface area contributed by atoms with Crippen LogP contribution in [0.4, 0.5) is 13.2 Å². The van der Waals surface area contributed by atoms with Gasteiger partial charge in [0.1, 0.15) is 12.7 Å². The molecule has 1 unspecified atom stereocenters. The Hall–Kier alpha value is -1.93. The first-order valence-corrected chi connectivity index (χ1v) is 7.36. The van der Waals surface area contributed by atoms with E-state index in [9.17, 15) is 13.2 Å². The topological polar surface area (TPSA) is 43.2 Å². The van der Waals surface area contributed by atoms with Crippen molar-refractivity contribution < 1.29 is 17.9 Å². The Balaban J connectivity index is 1.64. The molecule has 1 fully saturated rings. The molecule has 0 saturated carbocycles. The first-order chi connectivity index (χ1) is 11.0. The van der Waals surface area contributed by atoms with Gasteiger partial charge in [-0.25, -0.2) is 4.98 Å². The van der Waals surface area contributed by atoms with Gasteiger partial charge in [-0.3, -0.25) is 9.58 Å². The molecule has 0 amide bonds. The summed E-state index contributed by atoms with van der Waals surface area (Å²) in [6.45, 7) is 3.26. The number of morpholine rings is 1. The molecule has 0 radical (unpaired) electrons. The van der Waals surface area contributed by atoms with Gasteiger partial charge in [0.25, 0.3) is 0 Å². The first kappa shape index (κ1) is 15.9. The van der Waals surface area contributed by atoms with Gasteiger partial charge >= 0.3 is 6.18 Å². The lowest BCUT2D eigenvalue weighted by Gasteiger charge is -2.33. The number of rotatable bonds is 4. The van der Waals surface area contributed by atoms with Crippen molar-refractivity contribution in [1.29, 1.82) is 0 Å². The highest BCUT2D eigenvalue weighted by Crippen LogP contribution is 2.32. The van der Waals surface area contributed by atoms with Crippen LogP contribution in [0.25, 0.3) is 0 Å². The van der Waals surface area contributed by atoms with Gasteiger partial charge in [-0.2, -0.15) is 18.3 Å². The normalized spacial score (nSPS) is 19.9. The monoisotopic (exact) mass is 326 g/mol. The zero-order valence-corrected chi connectivity index (χ0v) is 12.4. The van der Waals surface area contributed by atoms with Gasteiger partial charge in [0, 0.05) is 19.6 Å². The van der Waals surface area contributed by atoms with Crippen LogP contribution in [0.1, 0.15) is 17.2 Å². The molecule has 1 atom stereocenters. The van der Waals surface area contributed by atoms with E-state index in [0.29, 0.717) is 25.3 Å². The highest BCUT2D eigenvalue weighted by Gasteiger charge is 2.31. The van der Waals surface area contributed by atoms with Crippen LogP contribution in [-0.2, 0) is 17.5 Å². The lowest BCUT2D eigenvalue weighted by atomic mass is 10.0. The number of nitrogens with zero attached hydrogens (tertiary/aromatic N) is 4. The molecule has 0 aliphatic carbocycles. The van der Waals surface area contributed by atoms with E-state index in [1.54, 1.807) is 17.1 Å². The number of halogens is 3. The Morgan fingerprint density at radius 1 is 1.26 bits per heavy atom. The first-order valence-electron chi connectivity index (χ1n) is 7.36. The van der Waals surface area contributed by atoms with Crippen LogP contribution < -0.4 is 0 Å². The third kappa shape index (κ3) is 4.08. The van der Waals surface area contributed by atoms with Crippen molar-refractivity contribution in [1.82, 2.24) is 19.7 Å². The molecule has 1 saturated heterocycles. The molecule has 8 heteroatoms. The van der Waals surface area contributed by atoms with Crippen LogP contribution in [0.3, 0.4) is 0 Å². The molecule has 1 aromatic carbocycles. The highest BCUT2D eigenvalue weighted by molar-refractivity contribution is 5.27. The van der Waals surface area contributed by atoms with Crippen molar-refractivity contribution in [2.45, 2.75) is 18.8 Å². The predicted molar refractivity (Wildman–Crippen MR) is 76.6 cm³/mol. The van der Waals surface area contributed by atoms with Gasteiger partial charge in [0.15, 0.2) is 0 Å². The fourth-order valence-electron chi connectivity index (χ4n) is 2.61. The summed E-state index contributed by atoms with van der Waals surface area (Å²) in [5, 5.41) is 4.04. The number of hydrogen-bond acceptors (Lipinski definition) is 4. The van der Waals surface area contributed by atoms with E-state index in [0.717, 1.165) is 19.2 Å². The molecule has 23 heavy (non-hydrogen) atoms. The summed E-state index contributed by atoms with van der Waals surface area (Å²) >= 11 is 0. The SMILES string of the molecule is FC(F)(F)c1cccc(C2CN(CCn3cncn3)CCO2)c1. The number of alkyl halides is 3. The maximum Gasteiger partial charge on any atom is 0.416 e. The number of aromatic nitrogens is 3. The summed E-state index contributed by atoms with van der Waals surface area (Å²) in [5.74, 6) is 0. The second-order valence-electron chi connectivity index (χ2n) is 5.44. The molecule has 1 aliphatic rings. The zero-order chi connectivity index (χ0) is 16.3. The van der Waals surface area contributed by atoms with Crippen molar-refractivity contribution in [2.24, 2.45) is 0 Å². The van der Waals surface area contributed by atoms with E-state index >= 15 is 0 Å². The molecule has 3 rings (SSSR count). The van der Waals surface area contributed by atoms with Gasteiger partial charge in [-0.15, -0.1) is 0 Å². The Morgan fingerprint density at radius 3 is 2.87 bits per heavy atom. The average molecular weight is 326 g/mol. The quantitative estimate of drug-likeness (QED) is 0.865. The van der Waals surface area contributed by atoms with Gasteiger partial charge < -0.3 is 4.74 Å². The number of ether oxygens (including phenoxy) is 1. The smallest absolute Gasteiger partial charge is 0.371 e. The minimum atomic E-state index is -4.34. The van der Waals surface area contributed by atoms with Crippen molar-refractivity contribution in [3.05, 3.63) is 48.0 Å². The maximum atomic E-state index is 12.8. The van der Waals surface area contributed by atoms with Gasteiger partial charge in [-0.05, 0) is 17.7 Å². The molecule has 0 bridgehead atoms. The molecule has 124 valence electrons. The fraction of sp³-hybridized carbons (Fsp3) is 0.467. The molecule has 5 nitrogen and oxygen atoms in total. The van der Waals surface area contributed by atoms with Gasteiger partial charge in [-0.1, -0.05) is 12.1 Å². The van der Waals surface area contributed by atoms with Gasteiger partial charge in [0.2, 0.25) is 0 Å². The second-order valence-corrected chi connectivity index (χ2v) is 5.44. The predicted octanol–water partition coefficient (Wildman–Crippen LogP) is 2.37. The zero-order valence-electron chi connectivity index (χ0n) is 12.4. The number of benzene rings is 1. The molecule has 1 aliphatic heterocycles. The van der Waals surface area contributed by atoms with E-state index in [1.165, 1.54) is 18.5 Å². The highest BCUT2D eigenvalue weighted by atomic mass is 19.4. The standard InChI is InChI=1S/C15H17F3N4O/c16-15(17,18)13-3-1-2-12(8-13)14-9-21(6-7-23-14)4-5-22-11-19-10-20-22/h1-3,8,10-11,14H,4-7,9H2. The third-order valence-electron chi connectivity index (χ3n) is 3.85. The van der Waals surface area contributed by atoms with E-state index in [2.05, 4.69) is 15.0 Å². The Bertz CT molecular complexity index is 630. The van der Waals surface area contributed by atoms with Crippen LogP contribution in [0.5, 0.6) is 0 Å². The number of hydrogen-bond donors (Lipinski definition) is 0. The minimum absolute atomic E-state index is 0.346. The molecule has 0 N–H and O–H groups in total. The molecular weight excluding hydrogens is 309 g/mol. The Kier molecular flexibility index (Phi) is 4.63. The Morgan fingerprint density at radius 2 is 2.13 bits per heavy atom. The van der Waals surface area contributed by atoms with Crippen LogP contribution in [0.15, 0.2) is 36.9 Å². The van der Waals surface area contributed by atoms with Crippen molar-refractivity contribution in [3.63, 3.8) is 0 Å². The van der Waals surface area contributed by atoms with E-state index in [1.807, 2.05) is 0 Å². The van der Waals surface area contributed by atoms with Gasteiger partial charge in [0.05, 0.1) is 24.8 Å². The van der Waals surface area contributed by atoms with Crippen molar-refractivity contribution >= 4 is 0 Å². The summed E-state index contributed by atoms with van der Waals surface area (Å²) in [4.78, 5) is 6.05. The Labute approximate surface area is 131 Å². The minimum Gasteiger partial charge on any atom is -0.371 e. The largest absolute Gasteiger partial charge is 0.416 e. The second kappa shape index (κ2) is 6.67. The molecule has 2 heterocycles. The third-order valence-corrected chi connectivity index (χ3v) is 3.85. The summed E-state index contributed by atoms with van der Waals surface area (Å²) in [6, 6.07) is 5.36. The summed E-state index contributed by atoms with van der Waals surface area (Å²) in [6.07, 6.45) is -1.56. The average Bonchev–Trinajstić information content (AvgIpc) is 3.06. The van der Waals surface area contributed by atoms with Crippen LogP contribution in [0.2, 0.25) is 0 Å². The summed E-state index contributed by atoms with van der Waals surface area (Å²) in [5.41, 5.74) is -0.0800. The lowest BCUT2D eigenvalue weighted by Crippen LogP contribution is -2.40. The summed E-state index contributed by atoms with van der Waals surface area (Å²) in [7, 11) is 0. The van der Waals surface area contributed by atoms with Crippen LogP contribution >= 0.6 is 0 Å². The van der Waals surface area contributed by atoms with Crippen LogP contribution in [0, 0.1) is 0 Å². The maximum absolute atomic E-state index is 12.8. The summed E-state index contributed by atoms with van der Waals surface area (Å²) < 4.78 is 45.9. The fourth-order valence-corrected chi connectivity index (χ4v) is 2.61. The van der Waals surface area contributed by atoms with E-state index < -0.39 is 11.7 Å². The lowest BCUT2D eigenvalue weighted by molar-refractivity contribution is -0.137. The van der Waals surface area contributed by atoms with Crippen molar-refractivity contribution in [2.75, 3.05) is 26.2 Å². The molecule has 0 spiro atoms. The molecular formula is C15H17F3N4O.